The maximum Gasteiger partial charge on any atom is 0.264 e. The Kier molecular flexibility index (Phi) is 9.69. The molecule has 1 atom stereocenters. The van der Waals surface area contributed by atoms with Crippen LogP contribution in [0.3, 0.4) is 0 Å². The van der Waals surface area contributed by atoms with Gasteiger partial charge in [-0.25, -0.2) is 8.42 Å². The van der Waals surface area contributed by atoms with Crippen molar-refractivity contribution in [1.29, 1.82) is 0 Å². The summed E-state index contributed by atoms with van der Waals surface area (Å²) in [6.07, 6.45) is 0.764. The van der Waals surface area contributed by atoms with Crippen LogP contribution in [0, 0.1) is 20.8 Å². The fraction of sp³-hybridized carbons (Fsp3) is 0.333. The maximum atomic E-state index is 13.9. The van der Waals surface area contributed by atoms with Gasteiger partial charge in [-0.15, -0.1) is 0 Å². The summed E-state index contributed by atoms with van der Waals surface area (Å²) in [5.41, 5.74) is 4.20. The molecule has 0 heterocycles. The number of anilines is 1. The number of carbonyl (C=O) groups is 2. The van der Waals surface area contributed by atoms with Gasteiger partial charge in [0.05, 0.1) is 10.6 Å². The average molecular weight is 536 g/mol. The minimum atomic E-state index is -4.07. The van der Waals surface area contributed by atoms with Gasteiger partial charge in [0.1, 0.15) is 12.6 Å². The Morgan fingerprint density at radius 3 is 1.84 bits per heavy atom. The van der Waals surface area contributed by atoms with Crippen molar-refractivity contribution < 1.29 is 18.0 Å². The van der Waals surface area contributed by atoms with Gasteiger partial charge < -0.3 is 10.2 Å². The van der Waals surface area contributed by atoms with E-state index in [4.69, 9.17) is 0 Å². The second kappa shape index (κ2) is 12.7. The lowest BCUT2D eigenvalue weighted by atomic mass is 10.1. The molecule has 0 aromatic heterocycles. The Morgan fingerprint density at radius 2 is 1.32 bits per heavy atom. The lowest BCUT2D eigenvalue weighted by Gasteiger charge is -2.32. The van der Waals surface area contributed by atoms with E-state index < -0.39 is 28.5 Å². The Bertz CT molecular complexity index is 1340. The minimum absolute atomic E-state index is 0.0929. The second-order valence-corrected chi connectivity index (χ2v) is 11.5. The van der Waals surface area contributed by atoms with E-state index in [9.17, 15) is 18.0 Å². The highest BCUT2D eigenvalue weighted by Gasteiger charge is 2.32. The molecule has 0 spiro atoms. The SMILES string of the molecule is CCCNC(=O)[C@H](C)N(Cc1ccc(C)cc1)C(=O)CN(c1ccc(C)cc1)S(=O)(=O)c1ccc(C)cc1. The van der Waals surface area contributed by atoms with Crippen LogP contribution in [0.4, 0.5) is 5.69 Å². The summed E-state index contributed by atoms with van der Waals surface area (Å²) in [7, 11) is -4.07. The fourth-order valence-electron chi connectivity index (χ4n) is 3.95. The van der Waals surface area contributed by atoms with Crippen LogP contribution in [0.25, 0.3) is 0 Å². The van der Waals surface area contributed by atoms with Gasteiger partial charge in [0.25, 0.3) is 10.0 Å². The second-order valence-electron chi connectivity index (χ2n) is 9.63. The van der Waals surface area contributed by atoms with Crippen molar-refractivity contribution in [2.75, 3.05) is 17.4 Å². The van der Waals surface area contributed by atoms with Crippen molar-refractivity contribution in [1.82, 2.24) is 10.2 Å². The highest BCUT2D eigenvalue weighted by molar-refractivity contribution is 7.92. The van der Waals surface area contributed by atoms with Crippen LogP contribution >= 0.6 is 0 Å². The first-order valence-electron chi connectivity index (χ1n) is 12.8. The predicted molar refractivity (Wildman–Crippen MR) is 151 cm³/mol. The van der Waals surface area contributed by atoms with Gasteiger partial charge in [-0.1, -0.05) is 72.1 Å². The summed E-state index contributed by atoms with van der Waals surface area (Å²) in [5, 5.41) is 2.85. The fourth-order valence-corrected chi connectivity index (χ4v) is 5.36. The summed E-state index contributed by atoms with van der Waals surface area (Å²) in [5.74, 6) is -0.753. The van der Waals surface area contributed by atoms with E-state index >= 15 is 0 Å². The van der Waals surface area contributed by atoms with Crippen molar-refractivity contribution in [2.45, 2.75) is 58.5 Å². The van der Waals surface area contributed by atoms with E-state index in [-0.39, 0.29) is 17.3 Å². The highest BCUT2D eigenvalue weighted by Crippen LogP contribution is 2.25. The smallest absolute Gasteiger partial charge is 0.264 e. The summed E-state index contributed by atoms with van der Waals surface area (Å²) >= 11 is 0. The van der Waals surface area contributed by atoms with Crippen LogP contribution in [-0.4, -0.2) is 44.3 Å². The molecule has 0 bridgehead atoms. The molecule has 0 fully saturated rings. The van der Waals surface area contributed by atoms with E-state index in [1.165, 1.54) is 4.90 Å². The van der Waals surface area contributed by atoms with Crippen molar-refractivity contribution in [3.63, 3.8) is 0 Å². The van der Waals surface area contributed by atoms with Crippen molar-refractivity contribution in [2.24, 2.45) is 0 Å². The molecule has 3 aromatic carbocycles. The van der Waals surface area contributed by atoms with Gasteiger partial charge in [0.15, 0.2) is 0 Å². The lowest BCUT2D eigenvalue weighted by molar-refractivity contribution is -0.139. The average Bonchev–Trinajstić information content (AvgIpc) is 2.90. The normalized spacial score (nSPS) is 12.0. The van der Waals surface area contributed by atoms with E-state index in [2.05, 4.69) is 5.32 Å². The zero-order valence-electron chi connectivity index (χ0n) is 22.8. The van der Waals surface area contributed by atoms with Gasteiger partial charge in [-0.3, -0.25) is 13.9 Å². The van der Waals surface area contributed by atoms with Gasteiger partial charge >= 0.3 is 0 Å². The zero-order valence-corrected chi connectivity index (χ0v) is 23.6. The van der Waals surface area contributed by atoms with E-state index in [0.717, 1.165) is 33.0 Å². The Hall–Kier alpha value is -3.65. The summed E-state index contributed by atoms with van der Waals surface area (Å²) in [6.45, 7) is 9.61. The molecule has 2 amide bonds. The molecule has 8 heteroatoms. The van der Waals surface area contributed by atoms with E-state index in [1.807, 2.05) is 64.1 Å². The first-order chi connectivity index (χ1) is 18.0. The lowest BCUT2D eigenvalue weighted by Crippen LogP contribution is -2.51. The third-order valence-electron chi connectivity index (χ3n) is 6.40. The quantitative estimate of drug-likeness (QED) is 0.384. The van der Waals surface area contributed by atoms with E-state index in [1.54, 1.807) is 43.3 Å². The monoisotopic (exact) mass is 535 g/mol. The van der Waals surface area contributed by atoms with Crippen LogP contribution < -0.4 is 9.62 Å². The van der Waals surface area contributed by atoms with Gasteiger partial charge in [-0.2, -0.15) is 0 Å². The number of aryl methyl sites for hydroxylation is 3. The molecule has 3 rings (SSSR count). The molecule has 0 aliphatic carbocycles. The van der Waals surface area contributed by atoms with Crippen LogP contribution in [0.15, 0.2) is 77.7 Å². The Labute approximate surface area is 226 Å². The largest absolute Gasteiger partial charge is 0.354 e. The number of nitrogens with one attached hydrogen (secondary N) is 1. The molecular formula is C30H37N3O4S. The highest BCUT2D eigenvalue weighted by atomic mass is 32.2. The molecular weight excluding hydrogens is 498 g/mol. The van der Waals surface area contributed by atoms with Crippen LogP contribution in [0.2, 0.25) is 0 Å². The molecule has 0 unspecified atom stereocenters. The standard InChI is InChI=1S/C30H37N3O4S/c1-6-19-31-30(35)25(5)32(20-26-13-7-22(2)8-14-26)29(34)21-33(27-15-9-23(3)10-16-27)38(36,37)28-17-11-24(4)12-18-28/h7-18,25H,6,19-21H2,1-5H3,(H,31,35)/t25-/m0/s1. The molecule has 1 N–H and O–H groups in total. The first kappa shape index (κ1) is 28.9. The third-order valence-corrected chi connectivity index (χ3v) is 8.19. The predicted octanol–water partition coefficient (Wildman–Crippen LogP) is 4.75. The number of hydrogen-bond donors (Lipinski definition) is 1. The van der Waals surface area contributed by atoms with Crippen LogP contribution in [0.1, 0.15) is 42.5 Å². The molecule has 0 aliphatic rings. The first-order valence-corrected chi connectivity index (χ1v) is 14.3. The zero-order chi connectivity index (χ0) is 27.9. The minimum Gasteiger partial charge on any atom is -0.354 e. The molecule has 0 saturated heterocycles. The van der Waals surface area contributed by atoms with Gasteiger partial charge in [0, 0.05) is 13.1 Å². The van der Waals surface area contributed by atoms with Crippen molar-refractivity contribution in [3.8, 4) is 0 Å². The van der Waals surface area contributed by atoms with Crippen LogP contribution in [0.5, 0.6) is 0 Å². The number of rotatable bonds is 11. The molecule has 0 radical (unpaired) electrons. The molecule has 38 heavy (non-hydrogen) atoms. The van der Waals surface area contributed by atoms with Crippen molar-refractivity contribution in [3.05, 3.63) is 95.1 Å². The number of benzene rings is 3. The maximum absolute atomic E-state index is 13.9. The molecule has 202 valence electrons. The number of sulfonamides is 1. The molecule has 0 saturated carbocycles. The van der Waals surface area contributed by atoms with Crippen molar-refractivity contribution >= 4 is 27.5 Å². The van der Waals surface area contributed by atoms with E-state index in [0.29, 0.717) is 12.2 Å². The van der Waals surface area contributed by atoms with Gasteiger partial charge in [-0.05, 0) is 63.9 Å². The number of carbonyl (C=O) groups excluding carboxylic acids is 2. The summed E-state index contributed by atoms with van der Waals surface area (Å²) in [4.78, 5) is 28.3. The third kappa shape index (κ3) is 7.22. The number of hydrogen-bond acceptors (Lipinski definition) is 4. The molecule has 0 aliphatic heterocycles. The summed E-state index contributed by atoms with van der Waals surface area (Å²) < 4.78 is 28.7. The molecule has 3 aromatic rings. The topological polar surface area (TPSA) is 86.8 Å². The molecule has 7 nitrogen and oxygen atoms in total. The Morgan fingerprint density at radius 1 is 0.816 bits per heavy atom. The number of nitrogens with zero attached hydrogens (tertiary/aromatic N) is 2. The summed E-state index contributed by atoms with van der Waals surface area (Å²) in [6, 6.07) is 20.5. The van der Waals surface area contributed by atoms with Gasteiger partial charge in [0.2, 0.25) is 11.8 Å². The number of amides is 2. The Balaban J connectivity index is 2.00. The van der Waals surface area contributed by atoms with Crippen LogP contribution in [-0.2, 0) is 26.2 Å².